The van der Waals surface area contributed by atoms with Crippen molar-refractivity contribution in [3.05, 3.63) is 42.4 Å². The number of fused-ring (bicyclic) bond motifs is 1. The number of nitrogens with zero attached hydrogens (tertiary/aromatic N) is 3. The molecule has 1 N–H and O–H groups in total. The summed E-state index contributed by atoms with van der Waals surface area (Å²) in [6.07, 6.45) is 5.64. The highest BCUT2D eigenvalue weighted by Gasteiger charge is 2.14. The molecule has 0 amide bonds. The summed E-state index contributed by atoms with van der Waals surface area (Å²) in [4.78, 5) is 11.5. The van der Waals surface area contributed by atoms with E-state index in [1.807, 2.05) is 40.8 Å². The fraction of sp³-hybridized carbons (Fsp3) is 0.294. The number of hydrogen-bond donors (Lipinski definition) is 1. The van der Waals surface area contributed by atoms with Gasteiger partial charge in [0.2, 0.25) is 0 Å². The number of rotatable bonds is 4. The number of aromatic nitrogens is 3. The van der Waals surface area contributed by atoms with E-state index in [0.717, 1.165) is 28.6 Å². The Morgan fingerprint density at radius 2 is 2.09 bits per heavy atom. The van der Waals surface area contributed by atoms with Gasteiger partial charge in [-0.1, -0.05) is 13.8 Å². The number of carboxylic acid groups (broad SMARTS) is 1. The Bertz CT molecular complexity index is 843. The van der Waals surface area contributed by atoms with Gasteiger partial charge in [0, 0.05) is 42.5 Å². The summed E-state index contributed by atoms with van der Waals surface area (Å²) in [6, 6.07) is 5.57. The van der Waals surface area contributed by atoms with Crippen molar-refractivity contribution in [1.82, 2.24) is 14.3 Å². The Morgan fingerprint density at radius 1 is 1.32 bits per heavy atom. The molecule has 3 aromatic rings. The molecule has 2 aromatic heterocycles. The van der Waals surface area contributed by atoms with Gasteiger partial charge in [0.05, 0.1) is 11.8 Å². The summed E-state index contributed by atoms with van der Waals surface area (Å²) < 4.78 is 3.83. The predicted octanol–water partition coefficient (Wildman–Crippen LogP) is 3.40. The molecule has 0 spiro atoms. The van der Waals surface area contributed by atoms with Gasteiger partial charge in [-0.2, -0.15) is 5.10 Å². The van der Waals surface area contributed by atoms with Gasteiger partial charge in [-0.15, -0.1) is 0 Å². The van der Waals surface area contributed by atoms with E-state index < -0.39 is 5.97 Å². The van der Waals surface area contributed by atoms with Gasteiger partial charge in [-0.05, 0) is 29.7 Å². The fourth-order valence-electron chi connectivity index (χ4n) is 2.70. The second-order valence-corrected chi connectivity index (χ2v) is 6.03. The lowest BCUT2D eigenvalue weighted by Crippen LogP contribution is -2.04. The van der Waals surface area contributed by atoms with Crippen molar-refractivity contribution in [1.29, 1.82) is 0 Å². The number of hydrogen-bond acceptors (Lipinski definition) is 2. The topological polar surface area (TPSA) is 60.1 Å². The first-order valence-corrected chi connectivity index (χ1v) is 7.31. The third-order valence-electron chi connectivity index (χ3n) is 3.75. The second kappa shape index (κ2) is 5.33. The SMILES string of the molecule is CC(C)Cn1cc(-c2cc(C(=O)O)c3ccn(C)c3c2)cn1. The van der Waals surface area contributed by atoms with Crippen LogP contribution in [-0.2, 0) is 13.6 Å². The maximum absolute atomic E-state index is 11.5. The first-order chi connectivity index (χ1) is 10.5. The Morgan fingerprint density at radius 3 is 2.77 bits per heavy atom. The van der Waals surface area contributed by atoms with Crippen LogP contribution >= 0.6 is 0 Å². The zero-order chi connectivity index (χ0) is 15.9. The van der Waals surface area contributed by atoms with E-state index >= 15 is 0 Å². The fourth-order valence-corrected chi connectivity index (χ4v) is 2.70. The smallest absolute Gasteiger partial charge is 0.336 e. The Labute approximate surface area is 128 Å². The highest BCUT2D eigenvalue weighted by molar-refractivity contribution is 6.05. The maximum Gasteiger partial charge on any atom is 0.336 e. The van der Waals surface area contributed by atoms with Gasteiger partial charge in [0.25, 0.3) is 0 Å². The van der Waals surface area contributed by atoms with Crippen molar-refractivity contribution in [2.24, 2.45) is 13.0 Å². The molecule has 0 saturated carbocycles. The van der Waals surface area contributed by atoms with Gasteiger partial charge >= 0.3 is 5.97 Å². The molecular weight excluding hydrogens is 278 g/mol. The molecule has 0 aliphatic carbocycles. The van der Waals surface area contributed by atoms with E-state index in [-0.39, 0.29) is 0 Å². The monoisotopic (exact) mass is 297 g/mol. The van der Waals surface area contributed by atoms with Crippen LogP contribution in [0.3, 0.4) is 0 Å². The van der Waals surface area contributed by atoms with Gasteiger partial charge in [0.1, 0.15) is 0 Å². The maximum atomic E-state index is 11.5. The van der Waals surface area contributed by atoms with Gasteiger partial charge in [0.15, 0.2) is 0 Å². The molecule has 22 heavy (non-hydrogen) atoms. The van der Waals surface area contributed by atoms with Crippen molar-refractivity contribution in [3.63, 3.8) is 0 Å². The highest BCUT2D eigenvalue weighted by Crippen LogP contribution is 2.28. The molecule has 0 saturated heterocycles. The summed E-state index contributed by atoms with van der Waals surface area (Å²) in [5.74, 6) is -0.398. The zero-order valence-electron chi connectivity index (χ0n) is 12.9. The van der Waals surface area contributed by atoms with Crippen LogP contribution in [0.2, 0.25) is 0 Å². The molecule has 3 rings (SSSR count). The molecule has 0 radical (unpaired) electrons. The number of aromatic carboxylic acids is 1. The van der Waals surface area contributed by atoms with E-state index in [2.05, 4.69) is 18.9 Å². The molecule has 2 heterocycles. The molecule has 0 aliphatic rings. The third-order valence-corrected chi connectivity index (χ3v) is 3.75. The normalized spacial score (nSPS) is 11.5. The average molecular weight is 297 g/mol. The highest BCUT2D eigenvalue weighted by atomic mass is 16.4. The van der Waals surface area contributed by atoms with Crippen LogP contribution in [0.5, 0.6) is 0 Å². The van der Waals surface area contributed by atoms with Crippen molar-refractivity contribution in [3.8, 4) is 11.1 Å². The van der Waals surface area contributed by atoms with Gasteiger partial charge < -0.3 is 9.67 Å². The van der Waals surface area contributed by atoms with E-state index in [1.165, 1.54) is 0 Å². The molecule has 0 bridgehead atoms. The second-order valence-electron chi connectivity index (χ2n) is 6.03. The van der Waals surface area contributed by atoms with Crippen LogP contribution in [0.15, 0.2) is 36.8 Å². The molecule has 5 nitrogen and oxygen atoms in total. The number of carbonyl (C=O) groups is 1. The van der Waals surface area contributed by atoms with Crippen molar-refractivity contribution in [2.45, 2.75) is 20.4 Å². The summed E-state index contributed by atoms with van der Waals surface area (Å²) in [6.45, 7) is 5.12. The quantitative estimate of drug-likeness (QED) is 0.803. The molecule has 0 aliphatic heterocycles. The van der Waals surface area contributed by atoms with Crippen LogP contribution in [0.1, 0.15) is 24.2 Å². The van der Waals surface area contributed by atoms with Crippen molar-refractivity contribution >= 4 is 16.9 Å². The minimum absolute atomic E-state index is 0.324. The lowest BCUT2D eigenvalue weighted by Gasteiger charge is -2.05. The molecule has 0 atom stereocenters. The predicted molar refractivity (Wildman–Crippen MR) is 85.9 cm³/mol. The standard InChI is InChI=1S/C17H19N3O2/c1-11(2)9-20-10-13(8-18-20)12-6-15(17(21)22)14-4-5-19(3)16(14)7-12/h4-8,10-11H,9H2,1-3H3,(H,21,22). The lowest BCUT2D eigenvalue weighted by atomic mass is 10.0. The summed E-state index contributed by atoms with van der Waals surface area (Å²) in [7, 11) is 1.92. The minimum Gasteiger partial charge on any atom is -0.478 e. The Kier molecular flexibility index (Phi) is 3.48. The van der Waals surface area contributed by atoms with Crippen LogP contribution in [0.25, 0.3) is 22.0 Å². The third kappa shape index (κ3) is 2.50. The molecule has 114 valence electrons. The summed E-state index contributed by atoms with van der Waals surface area (Å²) in [5, 5.41) is 14.6. The van der Waals surface area contributed by atoms with Crippen LogP contribution in [-0.4, -0.2) is 25.4 Å². The molecule has 0 fully saturated rings. The van der Waals surface area contributed by atoms with Crippen molar-refractivity contribution < 1.29 is 9.90 Å². The average Bonchev–Trinajstić information content (AvgIpc) is 3.05. The Hall–Kier alpha value is -2.56. The van der Waals surface area contributed by atoms with E-state index in [4.69, 9.17) is 0 Å². The molecule has 0 unspecified atom stereocenters. The first kappa shape index (κ1) is 14.4. The van der Waals surface area contributed by atoms with E-state index in [0.29, 0.717) is 11.5 Å². The summed E-state index contributed by atoms with van der Waals surface area (Å²) in [5.41, 5.74) is 3.05. The number of aryl methyl sites for hydroxylation is 1. The van der Waals surface area contributed by atoms with Gasteiger partial charge in [-0.3, -0.25) is 4.68 Å². The van der Waals surface area contributed by atoms with E-state index in [9.17, 15) is 9.90 Å². The van der Waals surface area contributed by atoms with Crippen LogP contribution in [0, 0.1) is 5.92 Å². The Balaban J connectivity index is 2.12. The zero-order valence-corrected chi connectivity index (χ0v) is 12.9. The largest absolute Gasteiger partial charge is 0.478 e. The molecule has 5 heteroatoms. The summed E-state index contributed by atoms with van der Waals surface area (Å²) >= 11 is 0. The molecule has 1 aromatic carbocycles. The number of carboxylic acids is 1. The van der Waals surface area contributed by atoms with Crippen LogP contribution in [0.4, 0.5) is 0 Å². The first-order valence-electron chi connectivity index (χ1n) is 7.31. The minimum atomic E-state index is -0.910. The number of benzene rings is 1. The molecular formula is C17H19N3O2. The van der Waals surface area contributed by atoms with Crippen molar-refractivity contribution in [2.75, 3.05) is 0 Å². The van der Waals surface area contributed by atoms with Gasteiger partial charge in [-0.25, -0.2) is 4.79 Å². The lowest BCUT2D eigenvalue weighted by molar-refractivity contribution is 0.0699. The van der Waals surface area contributed by atoms with E-state index in [1.54, 1.807) is 12.3 Å². The van der Waals surface area contributed by atoms with Crippen LogP contribution < -0.4 is 0 Å².